The maximum absolute atomic E-state index is 12.9. The minimum atomic E-state index is 0.176. The zero-order valence-corrected chi connectivity index (χ0v) is 13.8. The Kier molecular flexibility index (Phi) is 5.40. The molecule has 1 saturated heterocycles. The number of rotatable bonds is 4. The van der Waals surface area contributed by atoms with Gasteiger partial charge in [0, 0.05) is 18.2 Å². The molecule has 1 amide bonds. The standard InChI is InChI=1S/C18H28N2O/c1-13(2)20(12-16-5-7-19-8-6-16)18(21)17-10-14(3)9-15(4)11-17/h9-11,13,16,19H,5-8,12H2,1-4H3. The van der Waals surface area contributed by atoms with Gasteiger partial charge in [-0.05, 0) is 71.7 Å². The molecule has 116 valence electrons. The third-order valence-corrected chi connectivity index (χ3v) is 4.27. The zero-order chi connectivity index (χ0) is 15.4. The van der Waals surface area contributed by atoms with Crippen LogP contribution < -0.4 is 5.32 Å². The smallest absolute Gasteiger partial charge is 0.254 e. The fraction of sp³-hybridized carbons (Fsp3) is 0.611. The van der Waals surface area contributed by atoms with E-state index in [4.69, 9.17) is 0 Å². The average molecular weight is 288 g/mol. The summed E-state index contributed by atoms with van der Waals surface area (Å²) >= 11 is 0. The number of nitrogens with one attached hydrogen (secondary N) is 1. The highest BCUT2D eigenvalue weighted by Gasteiger charge is 2.24. The topological polar surface area (TPSA) is 32.3 Å². The largest absolute Gasteiger partial charge is 0.336 e. The first kappa shape index (κ1) is 16.0. The van der Waals surface area contributed by atoms with E-state index >= 15 is 0 Å². The second kappa shape index (κ2) is 7.08. The SMILES string of the molecule is Cc1cc(C)cc(C(=O)N(CC2CCNCC2)C(C)C)c1. The van der Waals surface area contributed by atoms with E-state index in [1.807, 2.05) is 17.0 Å². The number of hydrogen-bond acceptors (Lipinski definition) is 2. The van der Waals surface area contributed by atoms with Crippen molar-refractivity contribution < 1.29 is 4.79 Å². The molecule has 1 N–H and O–H groups in total. The van der Waals surface area contributed by atoms with E-state index in [0.717, 1.165) is 36.3 Å². The van der Waals surface area contributed by atoms with E-state index in [0.29, 0.717) is 5.92 Å². The number of benzene rings is 1. The van der Waals surface area contributed by atoms with Gasteiger partial charge in [-0.15, -0.1) is 0 Å². The summed E-state index contributed by atoms with van der Waals surface area (Å²) in [6, 6.07) is 6.37. The van der Waals surface area contributed by atoms with Gasteiger partial charge >= 0.3 is 0 Å². The molecular formula is C18H28N2O. The summed E-state index contributed by atoms with van der Waals surface area (Å²) in [6.45, 7) is 11.4. The van der Waals surface area contributed by atoms with E-state index in [-0.39, 0.29) is 11.9 Å². The predicted octanol–water partition coefficient (Wildman–Crippen LogP) is 3.15. The molecule has 0 radical (unpaired) electrons. The lowest BCUT2D eigenvalue weighted by atomic mass is 9.96. The van der Waals surface area contributed by atoms with E-state index in [1.165, 1.54) is 12.8 Å². The van der Waals surface area contributed by atoms with Gasteiger partial charge in [0.05, 0.1) is 0 Å². The lowest BCUT2D eigenvalue weighted by molar-refractivity contribution is 0.0658. The van der Waals surface area contributed by atoms with Crippen LogP contribution in [0.3, 0.4) is 0 Å². The predicted molar refractivity (Wildman–Crippen MR) is 87.7 cm³/mol. The van der Waals surface area contributed by atoms with Gasteiger partial charge < -0.3 is 10.2 Å². The van der Waals surface area contributed by atoms with Crippen molar-refractivity contribution >= 4 is 5.91 Å². The van der Waals surface area contributed by atoms with Gasteiger partial charge in [0.1, 0.15) is 0 Å². The highest BCUT2D eigenvalue weighted by molar-refractivity contribution is 5.94. The van der Waals surface area contributed by atoms with Crippen molar-refractivity contribution in [3.63, 3.8) is 0 Å². The summed E-state index contributed by atoms with van der Waals surface area (Å²) in [5, 5.41) is 3.39. The van der Waals surface area contributed by atoms with Crippen molar-refractivity contribution in [2.24, 2.45) is 5.92 Å². The second-order valence-corrected chi connectivity index (χ2v) is 6.62. The first-order valence-corrected chi connectivity index (χ1v) is 8.07. The second-order valence-electron chi connectivity index (χ2n) is 6.62. The number of amides is 1. The summed E-state index contributed by atoms with van der Waals surface area (Å²) in [6.07, 6.45) is 2.34. The zero-order valence-electron chi connectivity index (χ0n) is 13.8. The summed E-state index contributed by atoms with van der Waals surface area (Å²) in [5.41, 5.74) is 3.14. The molecule has 0 spiro atoms. The van der Waals surface area contributed by atoms with Crippen molar-refractivity contribution in [3.8, 4) is 0 Å². The molecule has 1 aliphatic rings. The van der Waals surface area contributed by atoms with Crippen molar-refractivity contribution in [2.45, 2.75) is 46.6 Å². The van der Waals surface area contributed by atoms with E-state index < -0.39 is 0 Å². The molecule has 1 aromatic rings. The molecule has 0 unspecified atom stereocenters. The first-order valence-electron chi connectivity index (χ1n) is 8.07. The Hall–Kier alpha value is -1.35. The van der Waals surface area contributed by atoms with Crippen LogP contribution in [0.4, 0.5) is 0 Å². The molecule has 0 aliphatic carbocycles. The molecule has 1 fully saturated rings. The molecule has 0 atom stereocenters. The van der Waals surface area contributed by atoms with Crippen LogP contribution in [0.5, 0.6) is 0 Å². The van der Waals surface area contributed by atoms with Gasteiger partial charge in [0.25, 0.3) is 5.91 Å². The van der Waals surface area contributed by atoms with Crippen molar-refractivity contribution in [2.75, 3.05) is 19.6 Å². The number of carbonyl (C=O) groups is 1. The molecule has 0 bridgehead atoms. The van der Waals surface area contributed by atoms with Gasteiger partial charge in [-0.3, -0.25) is 4.79 Å². The Morgan fingerprint density at radius 2 is 1.76 bits per heavy atom. The highest BCUT2D eigenvalue weighted by Crippen LogP contribution is 2.18. The van der Waals surface area contributed by atoms with E-state index in [9.17, 15) is 4.79 Å². The maximum atomic E-state index is 12.9. The molecule has 21 heavy (non-hydrogen) atoms. The van der Waals surface area contributed by atoms with Gasteiger partial charge in [-0.2, -0.15) is 0 Å². The number of piperidine rings is 1. The Bertz CT molecular complexity index is 470. The molecule has 2 rings (SSSR count). The summed E-state index contributed by atoms with van der Waals surface area (Å²) in [4.78, 5) is 14.9. The Balaban J connectivity index is 2.14. The fourth-order valence-corrected chi connectivity index (χ4v) is 3.13. The third kappa shape index (κ3) is 4.31. The van der Waals surface area contributed by atoms with Crippen LogP contribution >= 0.6 is 0 Å². The van der Waals surface area contributed by atoms with Gasteiger partial charge in [-0.1, -0.05) is 17.2 Å². The fourth-order valence-electron chi connectivity index (χ4n) is 3.13. The van der Waals surface area contributed by atoms with Crippen LogP contribution in [0.2, 0.25) is 0 Å². The van der Waals surface area contributed by atoms with Crippen LogP contribution in [0.1, 0.15) is 48.2 Å². The summed E-state index contributed by atoms with van der Waals surface area (Å²) < 4.78 is 0. The Labute approximate surface area is 128 Å². The molecule has 1 heterocycles. The molecule has 3 nitrogen and oxygen atoms in total. The van der Waals surface area contributed by atoms with Crippen molar-refractivity contribution in [1.82, 2.24) is 10.2 Å². The minimum Gasteiger partial charge on any atom is -0.336 e. The molecule has 1 aromatic carbocycles. The molecule has 0 saturated carbocycles. The van der Waals surface area contributed by atoms with E-state index in [1.54, 1.807) is 0 Å². The molecule has 1 aliphatic heterocycles. The molecule has 3 heteroatoms. The number of nitrogens with zero attached hydrogens (tertiary/aromatic N) is 1. The van der Waals surface area contributed by atoms with Gasteiger partial charge in [0.15, 0.2) is 0 Å². The average Bonchev–Trinajstić information content (AvgIpc) is 2.44. The lowest BCUT2D eigenvalue weighted by Gasteiger charge is -2.33. The number of aryl methyl sites for hydroxylation is 2. The molecular weight excluding hydrogens is 260 g/mol. The number of hydrogen-bond donors (Lipinski definition) is 1. The monoisotopic (exact) mass is 288 g/mol. The Morgan fingerprint density at radius 3 is 2.29 bits per heavy atom. The number of carbonyl (C=O) groups excluding carboxylic acids is 1. The quantitative estimate of drug-likeness (QED) is 0.923. The minimum absolute atomic E-state index is 0.176. The highest BCUT2D eigenvalue weighted by atomic mass is 16.2. The van der Waals surface area contributed by atoms with Crippen molar-refractivity contribution in [1.29, 1.82) is 0 Å². The van der Waals surface area contributed by atoms with E-state index in [2.05, 4.69) is 39.1 Å². The Morgan fingerprint density at radius 1 is 1.19 bits per heavy atom. The first-order chi connectivity index (χ1) is 9.97. The normalized spacial score (nSPS) is 16.2. The summed E-state index contributed by atoms with van der Waals surface area (Å²) in [5.74, 6) is 0.804. The van der Waals surface area contributed by atoms with Crippen LogP contribution in [-0.4, -0.2) is 36.5 Å². The van der Waals surface area contributed by atoms with Gasteiger partial charge in [-0.25, -0.2) is 0 Å². The molecule has 0 aromatic heterocycles. The van der Waals surface area contributed by atoms with Crippen LogP contribution in [0.25, 0.3) is 0 Å². The summed E-state index contributed by atoms with van der Waals surface area (Å²) in [7, 11) is 0. The van der Waals surface area contributed by atoms with Crippen LogP contribution in [0, 0.1) is 19.8 Å². The van der Waals surface area contributed by atoms with Crippen molar-refractivity contribution in [3.05, 3.63) is 34.9 Å². The van der Waals surface area contributed by atoms with Gasteiger partial charge in [0.2, 0.25) is 0 Å². The van der Waals surface area contributed by atoms with Crippen LogP contribution in [0.15, 0.2) is 18.2 Å². The maximum Gasteiger partial charge on any atom is 0.254 e. The lowest BCUT2D eigenvalue weighted by Crippen LogP contribution is -2.43. The van der Waals surface area contributed by atoms with Crippen LogP contribution in [-0.2, 0) is 0 Å². The third-order valence-electron chi connectivity index (χ3n) is 4.27.